The third kappa shape index (κ3) is 2.72. The lowest BCUT2D eigenvalue weighted by atomic mass is 10.1. The lowest BCUT2D eigenvalue weighted by Gasteiger charge is -2.15. The Balaban J connectivity index is 3.70. The fourth-order valence-electron chi connectivity index (χ4n) is 0.435. The monoisotopic (exact) mass is 139 g/mol. The summed E-state index contributed by atoms with van der Waals surface area (Å²) in [6.07, 6.45) is -2.45. The molecule has 0 fully saturated rings. The highest BCUT2D eigenvalue weighted by atomic mass is 19.3. The van der Waals surface area contributed by atoms with Gasteiger partial charge in [0.05, 0.1) is 0 Å². The van der Waals surface area contributed by atoms with Gasteiger partial charge in [-0.05, 0) is 13.3 Å². The summed E-state index contributed by atoms with van der Waals surface area (Å²) in [7, 11) is 0. The van der Waals surface area contributed by atoms with E-state index >= 15 is 0 Å². The molecule has 0 aliphatic carbocycles. The van der Waals surface area contributed by atoms with Gasteiger partial charge in [-0.25, -0.2) is 13.2 Å². The van der Waals surface area contributed by atoms with Gasteiger partial charge in [0.1, 0.15) is 0 Å². The molecular formula is C6H10F3. The maximum absolute atomic E-state index is 12.1. The number of hydrogen-bond acceptors (Lipinski definition) is 0. The van der Waals surface area contributed by atoms with E-state index in [0.29, 0.717) is 0 Å². The number of rotatable bonds is 3. The summed E-state index contributed by atoms with van der Waals surface area (Å²) in [5.74, 6) is -3.18. The van der Waals surface area contributed by atoms with Crippen molar-refractivity contribution in [3.05, 3.63) is 6.92 Å². The average Bonchev–Trinajstić information content (AvgIpc) is 1.65. The van der Waals surface area contributed by atoms with E-state index in [1.54, 1.807) is 0 Å². The van der Waals surface area contributed by atoms with Crippen molar-refractivity contribution in [2.75, 3.05) is 0 Å². The van der Waals surface area contributed by atoms with Gasteiger partial charge in [-0.15, -0.1) is 0 Å². The quantitative estimate of drug-likeness (QED) is 0.563. The van der Waals surface area contributed by atoms with E-state index in [0.717, 1.165) is 6.92 Å². The molecular weight excluding hydrogens is 129 g/mol. The van der Waals surface area contributed by atoms with Crippen LogP contribution in [0.25, 0.3) is 0 Å². The number of alkyl halides is 3. The van der Waals surface area contributed by atoms with Crippen molar-refractivity contribution < 1.29 is 13.2 Å². The first-order chi connectivity index (χ1) is 4.00. The first-order valence-electron chi connectivity index (χ1n) is 2.82. The highest BCUT2D eigenvalue weighted by Crippen LogP contribution is 2.26. The zero-order valence-corrected chi connectivity index (χ0v) is 5.33. The Hall–Kier alpha value is -0.210. The molecule has 3 heteroatoms. The first kappa shape index (κ1) is 8.79. The SMILES string of the molecule is [CH2]CCC(F)(F)C(C)F. The smallest absolute Gasteiger partial charge is 0.241 e. The molecule has 0 aliphatic rings. The Labute approximate surface area is 53.1 Å². The van der Waals surface area contributed by atoms with E-state index in [2.05, 4.69) is 6.92 Å². The normalized spacial score (nSPS) is 15.7. The molecule has 1 unspecified atom stereocenters. The average molecular weight is 139 g/mol. The molecule has 0 rings (SSSR count). The molecule has 0 heterocycles. The third-order valence-electron chi connectivity index (χ3n) is 1.09. The van der Waals surface area contributed by atoms with Crippen LogP contribution in [0.15, 0.2) is 0 Å². The maximum atomic E-state index is 12.1. The Morgan fingerprint density at radius 2 is 2.00 bits per heavy atom. The summed E-state index contributed by atoms with van der Waals surface area (Å²) in [5, 5.41) is 0. The van der Waals surface area contributed by atoms with Crippen LogP contribution in [0.1, 0.15) is 19.8 Å². The molecule has 0 aromatic rings. The summed E-state index contributed by atoms with van der Waals surface area (Å²) in [4.78, 5) is 0. The predicted octanol–water partition coefficient (Wildman–Crippen LogP) is 2.59. The third-order valence-corrected chi connectivity index (χ3v) is 1.09. The predicted molar refractivity (Wildman–Crippen MR) is 30.1 cm³/mol. The summed E-state index contributed by atoms with van der Waals surface area (Å²) >= 11 is 0. The second kappa shape index (κ2) is 3.08. The standard InChI is InChI=1S/C6H10F3/c1-3-4-6(8,9)5(2)7/h5H,1,3-4H2,2H3. The van der Waals surface area contributed by atoms with Gasteiger partial charge in [0.15, 0.2) is 6.17 Å². The van der Waals surface area contributed by atoms with Crippen LogP contribution in [0.3, 0.4) is 0 Å². The van der Waals surface area contributed by atoms with Crippen molar-refractivity contribution in [2.24, 2.45) is 0 Å². The largest absolute Gasteiger partial charge is 0.278 e. The summed E-state index contributed by atoms with van der Waals surface area (Å²) in [6.45, 7) is 4.06. The van der Waals surface area contributed by atoms with Crippen molar-refractivity contribution in [3.8, 4) is 0 Å². The van der Waals surface area contributed by atoms with Gasteiger partial charge in [-0.2, -0.15) is 0 Å². The number of hydrogen-bond donors (Lipinski definition) is 0. The molecule has 55 valence electrons. The van der Waals surface area contributed by atoms with Gasteiger partial charge in [-0.3, -0.25) is 0 Å². The summed E-state index contributed by atoms with van der Waals surface area (Å²) in [5.41, 5.74) is 0. The van der Waals surface area contributed by atoms with Crippen LogP contribution in [0.4, 0.5) is 13.2 Å². The molecule has 1 atom stereocenters. The van der Waals surface area contributed by atoms with Gasteiger partial charge in [0.25, 0.3) is 5.92 Å². The molecule has 0 amide bonds. The van der Waals surface area contributed by atoms with Crippen LogP contribution >= 0.6 is 0 Å². The second-order valence-electron chi connectivity index (χ2n) is 1.98. The van der Waals surface area contributed by atoms with Crippen LogP contribution < -0.4 is 0 Å². The lowest BCUT2D eigenvalue weighted by Crippen LogP contribution is -2.26. The van der Waals surface area contributed by atoms with Gasteiger partial charge < -0.3 is 0 Å². The molecule has 0 spiro atoms. The van der Waals surface area contributed by atoms with E-state index in [1.807, 2.05) is 0 Å². The highest BCUT2D eigenvalue weighted by molar-refractivity contribution is 4.72. The molecule has 0 saturated heterocycles. The molecule has 0 aromatic heterocycles. The van der Waals surface area contributed by atoms with E-state index in [9.17, 15) is 13.2 Å². The topological polar surface area (TPSA) is 0 Å². The molecule has 0 aromatic carbocycles. The van der Waals surface area contributed by atoms with E-state index in [-0.39, 0.29) is 6.42 Å². The van der Waals surface area contributed by atoms with E-state index in [1.165, 1.54) is 0 Å². The van der Waals surface area contributed by atoms with Crippen molar-refractivity contribution >= 4 is 0 Å². The number of halogens is 3. The molecule has 0 aliphatic heterocycles. The van der Waals surface area contributed by atoms with Crippen molar-refractivity contribution in [2.45, 2.75) is 31.9 Å². The minimum absolute atomic E-state index is 0.0707. The first-order valence-corrected chi connectivity index (χ1v) is 2.82. The van der Waals surface area contributed by atoms with Gasteiger partial charge >= 0.3 is 0 Å². The lowest BCUT2D eigenvalue weighted by molar-refractivity contribution is -0.0703. The molecule has 0 saturated carbocycles. The molecule has 0 N–H and O–H groups in total. The molecule has 0 nitrogen and oxygen atoms in total. The van der Waals surface area contributed by atoms with Gasteiger partial charge in [-0.1, -0.05) is 6.92 Å². The second-order valence-corrected chi connectivity index (χ2v) is 1.98. The van der Waals surface area contributed by atoms with Crippen LogP contribution in [0.2, 0.25) is 0 Å². The van der Waals surface area contributed by atoms with Crippen molar-refractivity contribution in [1.82, 2.24) is 0 Å². The van der Waals surface area contributed by atoms with Crippen molar-refractivity contribution in [1.29, 1.82) is 0 Å². The fraction of sp³-hybridized carbons (Fsp3) is 0.833. The summed E-state index contributed by atoms with van der Waals surface area (Å²) < 4.78 is 36.2. The Bertz CT molecular complexity index is 78.4. The zero-order chi connectivity index (χ0) is 7.49. The van der Waals surface area contributed by atoms with Gasteiger partial charge in [0.2, 0.25) is 0 Å². The van der Waals surface area contributed by atoms with E-state index in [4.69, 9.17) is 0 Å². The van der Waals surface area contributed by atoms with Crippen LogP contribution in [-0.4, -0.2) is 12.1 Å². The van der Waals surface area contributed by atoms with Crippen LogP contribution in [0, 0.1) is 6.92 Å². The minimum atomic E-state index is -3.18. The van der Waals surface area contributed by atoms with Crippen LogP contribution in [-0.2, 0) is 0 Å². The zero-order valence-electron chi connectivity index (χ0n) is 5.33. The Morgan fingerprint density at radius 1 is 1.56 bits per heavy atom. The molecule has 1 radical (unpaired) electrons. The fourth-order valence-corrected chi connectivity index (χ4v) is 0.435. The Morgan fingerprint density at radius 3 is 2.11 bits per heavy atom. The summed E-state index contributed by atoms with van der Waals surface area (Å²) in [6, 6.07) is 0. The maximum Gasteiger partial charge on any atom is 0.278 e. The van der Waals surface area contributed by atoms with Gasteiger partial charge in [0, 0.05) is 6.42 Å². The van der Waals surface area contributed by atoms with E-state index < -0.39 is 18.5 Å². The van der Waals surface area contributed by atoms with Crippen LogP contribution in [0.5, 0.6) is 0 Å². The molecule has 9 heavy (non-hydrogen) atoms. The van der Waals surface area contributed by atoms with Crippen molar-refractivity contribution in [3.63, 3.8) is 0 Å². The molecule has 0 bridgehead atoms. The minimum Gasteiger partial charge on any atom is -0.241 e. The highest BCUT2D eigenvalue weighted by Gasteiger charge is 2.35. The Kier molecular flexibility index (Phi) is 3.01.